The summed E-state index contributed by atoms with van der Waals surface area (Å²) in [5.74, 6) is 2.23. The summed E-state index contributed by atoms with van der Waals surface area (Å²) < 4.78 is 7.62. The van der Waals surface area contributed by atoms with Crippen LogP contribution in [-0.4, -0.2) is 51.3 Å². The maximum Gasteiger partial charge on any atom is 0.253 e. The highest BCUT2D eigenvalue weighted by Gasteiger charge is 2.17. The Labute approximate surface area is 197 Å². The van der Waals surface area contributed by atoms with Gasteiger partial charge in [-0.3, -0.25) is 14.3 Å². The lowest BCUT2D eigenvalue weighted by atomic mass is 10.1. The molecule has 0 N–H and O–H groups in total. The first-order chi connectivity index (χ1) is 16.1. The maximum atomic E-state index is 12.1. The van der Waals surface area contributed by atoms with E-state index in [2.05, 4.69) is 15.2 Å². The number of hydrogen-bond acceptors (Lipinski definition) is 6. The minimum Gasteiger partial charge on any atom is -0.494 e. The van der Waals surface area contributed by atoms with Crippen molar-refractivity contribution in [3.63, 3.8) is 0 Å². The summed E-state index contributed by atoms with van der Waals surface area (Å²) in [7, 11) is 3.50. The van der Waals surface area contributed by atoms with E-state index in [1.54, 1.807) is 43.2 Å². The lowest BCUT2D eigenvalue weighted by Gasteiger charge is -2.12. The van der Waals surface area contributed by atoms with Crippen molar-refractivity contribution in [1.29, 1.82) is 0 Å². The van der Waals surface area contributed by atoms with Crippen LogP contribution in [0, 0.1) is 0 Å². The van der Waals surface area contributed by atoms with E-state index in [0.717, 1.165) is 33.5 Å². The number of rotatable bonds is 8. The van der Waals surface area contributed by atoms with E-state index in [1.807, 2.05) is 72.2 Å². The van der Waals surface area contributed by atoms with Crippen LogP contribution in [0.2, 0.25) is 0 Å². The summed E-state index contributed by atoms with van der Waals surface area (Å²) in [6, 6.07) is 19.4. The van der Waals surface area contributed by atoms with Crippen LogP contribution in [0.4, 0.5) is 0 Å². The molecule has 4 aromatic rings. The molecule has 0 atom stereocenters. The summed E-state index contributed by atoms with van der Waals surface area (Å²) in [5, 5.41) is 9.70. The predicted octanol–water partition coefficient (Wildman–Crippen LogP) is 4.72. The predicted molar refractivity (Wildman–Crippen MR) is 130 cm³/mol. The van der Waals surface area contributed by atoms with Gasteiger partial charge in [0.1, 0.15) is 5.75 Å². The Hall–Kier alpha value is -3.65. The minimum atomic E-state index is -0.00874. The fourth-order valence-electron chi connectivity index (χ4n) is 3.29. The van der Waals surface area contributed by atoms with Crippen LogP contribution in [0.15, 0.2) is 78.2 Å². The molecule has 7 nitrogen and oxygen atoms in total. The number of pyridine rings is 1. The SMILES string of the molecule is CCOc1ccc(-n2c(SCc3ccc(C(=O)N(C)C)cc3)nnc2-c2cccnc2)cc1. The van der Waals surface area contributed by atoms with E-state index in [-0.39, 0.29) is 5.91 Å². The maximum absolute atomic E-state index is 12.1. The fraction of sp³-hybridized carbons (Fsp3) is 0.200. The van der Waals surface area contributed by atoms with E-state index in [4.69, 9.17) is 4.74 Å². The molecule has 0 fully saturated rings. The molecule has 33 heavy (non-hydrogen) atoms. The van der Waals surface area contributed by atoms with Crippen molar-refractivity contribution in [2.45, 2.75) is 17.8 Å². The molecule has 0 saturated carbocycles. The van der Waals surface area contributed by atoms with Gasteiger partial charge in [-0.2, -0.15) is 0 Å². The van der Waals surface area contributed by atoms with Crippen LogP contribution in [0.5, 0.6) is 5.75 Å². The number of amides is 1. The van der Waals surface area contributed by atoms with E-state index in [1.165, 1.54) is 0 Å². The Bertz CT molecular complexity index is 1210. The van der Waals surface area contributed by atoms with Gasteiger partial charge in [0.25, 0.3) is 5.91 Å². The van der Waals surface area contributed by atoms with Crippen LogP contribution in [0.25, 0.3) is 17.1 Å². The lowest BCUT2D eigenvalue weighted by Crippen LogP contribution is -2.21. The Kier molecular flexibility index (Phi) is 7.04. The molecule has 0 aliphatic carbocycles. The number of nitrogens with zero attached hydrogens (tertiary/aromatic N) is 5. The van der Waals surface area contributed by atoms with Crippen molar-refractivity contribution in [2.75, 3.05) is 20.7 Å². The molecule has 2 aromatic carbocycles. The monoisotopic (exact) mass is 459 g/mol. The molecule has 168 valence electrons. The molecule has 0 aliphatic heterocycles. The minimum absolute atomic E-state index is 0.00874. The topological polar surface area (TPSA) is 73.1 Å². The molecule has 8 heteroatoms. The molecule has 0 spiro atoms. The zero-order valence-corrected chi connectivity index (χ0v) is 19.6. The summed E-state index contributed by atoms with van der Waals surface area (Å²) in [6.07, 6.45) is 3.52. The normalized spacial score (nSPS) is 10.8. The number of carbonyl (C=O) groups excluding carboxylic acids is 1. The summed E-state index contributed by atoms with van der Waals surface area (Å²) >= 11 is 1.59. The number of thioether (sulfide) groups is 1. The summed E-state index contributed by atoms with van der Waals surface area (Å²) in [5.41, 5.74) is 3.60. The number of benzene rings is 2. The molecule has 2 heterocycles. The second kappa shape index (κ2) is 10.3. The average Bonchev–Trinajstić information content (AvgIpc) is 3.28. The van der Waals surface area contributed by atoms with Crippen molar-refractivity contribution in [3.05, 3.63) is 84.2 Å². The van der Waals surface area contributed by atoms with E-state index in [0.29, 0.717) is 17.9 Å². The van der Waals surface area contributed by atoms with Gasteiger partial charge in [-0.25, -0.2) is 0 Å². The highest BCUT2D eigenvalue weighted by Crippen LogP contribution is 2.30. The van der Waals surface area contributed by atoms with Gasteiger partial charge >= 0.3 is 0 Å². The Morgan fingerprint density at radius 1 is 1.03 bits per heavy atom. The third-order valence-electron chi connectivity index (χ3n) is 4.93. The van der Waals surface area contributed by atoms with E-state index >= 15 is 0 Å². The van der Waals surface area contributed by atoms with Gasteiger partial charge in [-0.1, -0.05) is 23.9 Å². The van der Waals surface area contributed by atoms with Gasteiger partial charge in [0.05, 0.1) is 6.61 Å². The van der Waals surface area contributed by atoms with Crippen molar-refractivity contribution >= 4 is 17.7 Å². The number of aromatic nitrogens is 4. The third-order valence-corrected chi connectivity index (χ3v) is 5.93. The molecule has 0 unspecified atom stereocenters. The average molecular weight is 460 g/mol. The van der Waals surface area contributed by atoms with Gasteiger partial charge < -0.3 is 9.64 Å². The van der Waals surface area contributed by atoms with Crippen molar-refractivity contribution in [2.24, 2.45) is 0 Å². The standard InChI is InChI=1S/C25H25N5O2S/c1-4-32-22-13-11-21(12-14-22)30-23(20-6-5-15-26-16-20)27-28-25(30)33-17-18-7-9-19(10-8-18)24(31)29(2)3/h5-16H,4,17H2,1-3H3. The smallest absolute Gasteiger partial charge is 0.253 e. The Morgan fingerprint density at radius 2 is 1.79 bits per heavy atom. The second-order valence-electron chi connectivity index (χ2n) is 7.50. The van der Waals surface area contributed by atoms with Gasteiger partial charge in [0.15, 0.2) is 11.0 Å². The molecule has 0 radical (unpaired) electrons. The lowest BCUT2D eigenvalue weighted by molar-refractivity contribution is 0.0827. The van der Waals surface area contributed by atoms with Gasteiger partial charge in [0.2, 0.25) is 0 Å². The highest BCUT2D eigenvalue weighted by molar-refractivity contribution is 7.98. The van der Waals surface area contributed by atoms with Gasteiger partial charge in [-0.15, -0.1) is 10.2 Å². The largest absolute Gasteiger partial charge is 0.494 e. The van der Waals surface area contributed by atoms with Crippen LogP contribution in [0.1, 0.15) is 22.8 Å². The van der Waals surface area contributed by atoms with Crippen molar-refractivity contribution in [3.8, 4) is 22.8 Å². The molecule has 1 amide bonds. The molecule has 0 saturated heterocycles. The quantitative estimate of drug-likeness (QED) is 0.355. The van der Waals surface area contributed by atoms with Crippen LogP contribution in [0.3, 0.4) is 0 Å². The van der Waals surface area contributed by atoms with Gasteiger partial charge in [-0.05, 0) is 61.0 Å². The molecule has 0 aliphatic rings. The fourth-order valence-corrected chi connectivity index (χ4v) is 4.19. The third kappa shape index (κ3) is 5.23. The summed E-state index contributed by atoms with van der Waals surface area (Å²) in [6.45, 7) is 2.58. The first-order valence-corrected chi connectivity index (χ1v) is 11.6. The summed E-state index contributed by atoms with van der Waals surface area (Å²) in [4.78, 5) is 17.9. The highest BCUT2D eigenvalue weighted by atomic mass is 32.2. The van der Waals surface area contributed by atoms with Crippen LogP contribution < -0.4 is 4.74 Å². The molecule has 4 rings (SSSR count). The number of hydrogen-bond donors (Lipinski definition) is 0. The first kappa shape index (κ1) is 22.5. The molecule has 0 bridgehead atoms. The number of ether oxygens (including phenoxy) is 1. The molecular formula is C25H25N5O2S. The molecular weight excluding hydrogens is 434 g/mol. The van der Waals surface area contributed by atoms with E-state index < -0.39 is 0 Å². The Balaban J connectivity index is 1.61. The van der Waals surface area contributed by atoms with E-state index in [9.17, 15) is 4.79 Å². The second-order valence-corrected chi connectivity index (χ2v) is 8.44. The zero-order valence-electron chi connectivity index (χ0n) is 18.8. The van der Waals surface area contributed by atoms with Crippen molar-refractivity contribution < 1.29 is 9.53 Å². The van der Waals surface area contributed by atoms with Crippen molar-refractivity contribution in [1.82, 2.24) is 24.6 Å². The molecule has 2 aromatic heterocycles. The Morgan fingerprint density at radius 3 is 2.42 bits per heavy atom. The van der Waals surface area contributed by atoms with Crippen LogP contribution in [-0.2, 0) is 5.75 Å². The van der Waals surface area contributed by atoms with Crippen LogP contribution >= 0.6 is 11.8 Å². The van der Waals surface area contributed by atoms with Gasteiger partial charge in [0, 0.05) is 49.1 Å². The zero-order chi connectivity index (χ0) is 23.2. The number of carbonyl (C=O) groups is 1. The first-order valence-electron chi connectivity index (χ1n) is 10.6.